The summed E-state index contributed by atoms with van der Waals surface area (Å²) >= 11 is 2.09. The third-order valence-corrected chi connectivity index (χ3v) is 4.74. The van der Waals surface area contributed by atoms with E-state index >= 15 is 0 Å². The Balaban J connectivity index is 2.66. The second kappa shape index (κ2) is 5.38. The molecule has 14 heavy (non-hydrogen) atoms. The van der Waals surface area contributed by atoms with E-state index in [1.54, 1.807) is 0 Å². The number of nitrogens with two attached hydrogens (primary N) is 1. The zero-order chi connectivity index (χ0) is 10.6. The van der Waals surface area contributed by atoms with Crippen LogP contribution in [0.2, 0.25) is 0 Å². The summed E-state index contributed by atoms with van der Waals surface area (Å²) < 4.78 is 0. The predicted octanol–water partition coefficient (Wildman–Crippen LogP) is 1.94. The van der Waals surface area contributed by atoms with Gasteiger partial charge in [-0.25, -0.2) is 0 Å². The number of nitrogens with zero attached hydrogens (tertiary/aromatic N) is 1. The molecule has 1 aliphatic rings. The van der Waals surface area contributed by atoms with Crippen LogP contribution in [0.1, 0.15) is 33.6 Å². The molecule has 0 radical (unpaired) electrons. The number of rotatable bonds is 4. The van der Waals surface area contributed by atoms with E-state index in [0.717, 1.165) is 11.8 Å². The number of hydrogen-bond donors (Lipinski definition) is 1. The first-order valence-electron chi connectivity index (χ1n) is 5.75. The maximum Gasteiger partial charge on any atom is 0.0327 e. The Morgan fingerprint density at radius 1 is 1.43 bits per heavy atom. The molecule has 1 atom stereocenters. The molecule has 1 saturated heterocycles. The molecule has 0 amide bonds. The van der Waals surface area contributed by atoms with E-state index in [2.05, 4.69) is 37.4 Å². The molecular weight excluding hydrogens is 192 g/mol. The third-order valence-electron chi connectivity index (χ3n) is 3.61. The second-order valence-corrected chi connectivity index (χ2v) is 5.81. The first kappa shape index (κ1) is 12.3. The van der Waals surface area contributed by atoms with Crippen LogP contribution in [0.15, 0.2) is 0 Å². The van der Waals surface area contributed by atoms with E-state index < -0.39 is 0 Å². The summed E-state index contributed by atoms with van der Waals surface area (Å²) in [7, 11) is 0. The van der Waals surface area contributed by atoms with Crippen molar-refractivity contribution in [3.05, 3.63) is 0 Å². The summed E-state index contributed by atoms with van der Waals surface area (Å²) in [5.41, 5.74) is 6.23. The van der Waals surface area contributed by atoms with Crippen LogP contribution in [0.4, 0.5) is 0 Å². The van der Waals surface area contributed by atoms with Crippen LogP contribution in [0, 0.1) is 0 Å². The van der Waals surface area contributed by atoms with Crippen LogP contribution in [-0.4, -0.2) is 41.1 Å². The highest BCUT2D eigenvalue weighted by Gasteiger charge is 2.34. The Hall–Kier alpha value is 0.270. The molecule has 0 aliphatic carbocycles. The van der Waals surface area contributed by atoms with Crippen LogP contribution < -0.4 is 5.73 Å². The van der Waals surface area contributed by atoms with Crippen LogP contribution >= 0.6 is 11.8 Å². The van der Waals surface area contributed by atoms with Crippen molar-refractivity contribution >= 4 is 11.8 Å². The highest BCUT2D eigenvalue weighted by molar-refractivity contribution is 7.99. The second-order valence-electron chi connectivity index (χ2n) is 4.26. The monoisotopic (exact) mass is 216 g/mol. The van der Waals surface area contributed by atoms with Crippen molar-refractivity contribution in [2.45, 2.75) is 44.4 Å². The normalized spacial score (nSPS) is 25.3. The fraction of sp³-hybridized carbons (Fsp3) is 1.00. The molecule has 0 aromatic heterocycles. The van der Waals surface area contributed by atoms with Gasteiger partial charge in [-0.05, 0) is 12.8 Å². The minimum absolute atomic E-state index is 0.273. The standard InChI is InChI=1S/C11H24N2S/c1-4-11(5-2,9-12)13-6-7-14-10(3)8-13/h10H,4-9,12H2,1-3H3. The Morgan fingerprint density at radius 3 is 2.50 bits per heavy atom. The van der Waals surface area contributed by atoms with E-state index in [-0.39, 0.29) is 5.54 Å². The van der Waals surface area contributed by atoms with Gasteiger partial charge in [0.25, 0.3) is 0 Å². The van der Waals surface area contributed by atoms with E-state index in [1.165, 1.54) is 31.7 Å². The average molecular weight is 216 g/mol. The van der Waals surface area contributed by atoms with Gasteiger partial charge in [-0.3, -0.25) is 4.90 Å². The van der Waals surface area contributed by atoms with E-state index in [0.29, 0.717) is 0 Å². The van der Waals surface area contributed by atoms with E-state index in [1.807, 2.05) is 0 Å². The van der Waals surface area contributed by atoms with Gasteiger partial charge < -0.3 is 5.73 Å². The lowest BCUT2D eigenvalue weighted by Gasteiger charge is -2.46. The van der Waals surface area contributed by atoms with Crippen molar-refractivity contribution in [3.8, 4) is 0 Å². The van der Waals surface area contributed by atoms with Gasteiger partial charge >= 0.3 is 0 Å². The van der Waals surface area contributed by atoms with Crippen LogP contribution in [0.25, 0.3) is 0 Å². The van der Waals surface area contributed by atoms with Gasteiger partial charge in [0, 0.05) is 36.2 Å². The highest BCUT2D eigenvalue weighted by Crippen LogP contribution is 2.28. The van der Waals surface area contributed by atoms with Crippen LogP contribution in [0.5, 0.6) is 0 Å². The number of thioether (sulfide) groups is 1. The van der Waals surface area contributed by atoms with Crippen molar-refractivity contribution < 1.29 is 0 Å². The first-order chi connectivity index (χ1) is 6.68. The minimum atomic E-state index is 0.273. The molecule has 0 aromatic carbocycles. The molecule has 1 unspecified atom stereocenters. The van der Waals surface area contributed by atoms with Crippen molar-refractivity contribution in [3.63, 3.8) is 0 Å². The quantitative estimate of drug-likeness (QED) is 0.779. The topological polar surface area (TPSA) is 29.3 Å². The maximum absolute atomic E-state index is 5.96. The van der Waals surface area contributed by atoms with Crippen LogP contribution in [-0.2, 0) is 0 Å². The van der Waals surface area contributed by atoms with E-state index in [4.69, 9.17) is 5.73 Å². The molecule has 3 heteroatoms. The summed E-state index contributed by atoms with van der Waals surface area (Å²) in [6.07, 6.45) is 2.36. The van der Waals surface area contributed by atoms with Gasteiger partial charge in [-0.2, -0.15) is 11.8 Å². The summed E-state index contributed by atoms with van der Waals surface area (Å²) in [4.78, 5) is 2.62. The first-order valence-corrected chi connectivity index (χ1v) is 6.80. The molecule has 1 heterocycles. The summed E-state index contributed by atoms with van der Waals surface area (Å²) in [6, 6.07) is 0. The molecule has 1 fully saturated rings. The van der Waals surface area contributed by atoms with Gasteiger partial charge in [0.1, 0.15) is 0 Å². The maximum atomic E-state index is 5.96. The van der Waals surface area contributed by atoms with Gasteiger partial charge in [-0.15, -0.1) is 0 Å². The summed E-state index contributed by atoms with van der Waals surface area (Å²) in [5.74, 6) is 1.27. The molecule has 1 aliphatic heterocycles. The predicted molar refractivity (Wildman–Crippen MR) is 65.9 cm³/mol. The molecule has 0 aromatic rings. The third kappa shape index (κ3) is 2.44. The fourth-order valence-electron chi connectivity index (χ4n) is 2.36. The van der Waals surface area contributed by atoms with Crippen molar-refractivity contribution in [1.82, 2.24) is 4.90 Å². The molecule has 84 valence electrons. The van der Waals surface area contributed by atoms with Crippen molar-refractivity contribution in [2.75, 3.05) is 25.4 Å². The van der Waals surface area contributed by atoms with Gasteiger partial charge in [-0.1, -0.05) is 20.8 Å². The van der Waals surface area contributed by atoms with Crippen molar-refractivity contribution in [1.29, 1.82) is 0 Å². The van der Waals surface area contributed by atoms with Crippen LogP contribution in [0.3, 0.4) is 0 Å². The lowest BCUT2D eigenvalue weighted by Crippen LogP contribution is -2.57. The Morgan fingerprint density at radius 2 is 2.07 bits per heavy atom. The van der Waals surface area contributed by atoms with Gasteiger partial charge in [0.15, 0.2) is 0 Å². The molecule has 0 spiro atoms. The minimum Gasteiger partial charge on any atom is -0.329 e. The molecule has 0 bridgehead atoms. The summed E-state index contributed by atoms with van der Waals surface area (Å²) in [6.45, 7) is 10.1. The fourth-order valence-corrected chi connectivity index (χ4v) is 3.38. The lowest BCUT2D eigenvalue weighted by atomic mass is 9.90. The zero-order valence-electron chi connectivity index (χ0n) is 9.75. The zero-order valence-corrected chi connectivity index (χ0v) is 10.6. The molecule has 1 rings (SSSR count). The van der Waals surface area contributed by atoms with E-state index in [9.17, 15) is 0 Å². The van der Waals surface area contributed by atoms with Crippen molar-refractivity contribution in [2.24, 2.45) is 5.73 Å². The van der Waals surface area contributed by atoms with Gasteiger partial charge in [0.2, 0.25) is 0 Å². The Labute approximate surface area is 92.6 Å². The molecule has 0 saturated carbocycles. The Bertz CT molecular complexity index is 160. The molecular formula is C11H24N2S. The summed E-state index contributed by atoms with van der Waals surface area (Å²) in [5, 5.41) is 0.771. The number of hydrogen-bond acceptors (Lipinski definition) is 3. The SMILES string of the molecule is CCC(CC)(CN)N1CCSC(C)C1. The molecule has 2 nitrogen and oxygen atoms in total. The largest absolute Gasteiger partial charge is 0.329 e. The Kier molecular flexibility index (Phi) is 4.74. The highest BCUT2D eigenvalue weighted by atomic mass is 32.2. The molecule has 2 N–H and O–H groups in total. The average Bonchev–Trinajstić information content (AvgIpc) is 2.22. The van der Waals surface area contributed by atoms with Gasteiger partial charge in [0.05, 0.1) is 0 Å². The lowest BCUT2D eigenvalue weighted by molar-refractivity contribution is 0.0901. The smallest absolute Gasteiger partial charge is 0.0327 e.